The van der Waals surface area contributed by atoms with E-state index in [-0.39, 0.29) is 18.6 Å². The first-order valence-electron chi connectivity index (χ1n) is 4.71. The number of nitrogens with one attached hydrogen (secondary N) is 1. The van der Waals surface area contributed by atoms with E-state index in [9.17, 15) is 4.79 Å². The predicted octanol–water partition coefficient (Wildman–Crippen LogP) is 1.49. The van der Waals surface area contributed by atoms with Gasteiger partial charge in [0.25, 0.3) is 0 Å². The molecular weight excluding hydrogens is 166 g/mol. The van der Waals surface area contributed by atoms with Gasteiger partial charge in [-0.1, -0.05) is 26.0 Å². The summed E-state index contributed by atoms with van der Waals surface area (Å²) < 4.78 is 4.52. The summed E-state index contributed by atoms with van der Waals surface area (Å²) in [6, 6.07) is 0.277. The van der Waals surface area contributed by atoms with Gasteiger partial charge in [-0.3, -0.25) is 4.79 Å². The third-order valence-corrected chi connectivity index (χ3v) is 1.78. The van der Waals surface area contributed by atoms with Crippen molar-refractivity contribution < 1.29 is 9.53 Å². The number of ether oxygens (including phenoxy) is 1. The van der Waals surface area contributed by atoms with E-state index in [1.54, 1.807) is 0 Å². The molecule has 0 aliphatic rings. The highest BCUT2D eigenvalue weighted by molar-refractivity contribution is 5.71. The van der Waals surface area contributed by atoms with Crippen LogP contribution in [0, 0.1) is 0 Å². The second-order valence-electron chi connectivity index (χ2n) is 2.81. The van der Waals surface area contributed by atoms with Crippen LogP contribution in [0.1, 0.15) is 26.7 Å². The lowest BCUT2D eigenvalue weighted by atomic mass is 10.2. The van der Waals surface area contributed by atoms with Crippen LogP contribution < -0.4 is 5.32 Å². The minimum Gasteiger partial charge on any atom is -0.468 e. The van der Waals surface area contributed by atoms with Crippen LogP contribution in [0.4, 0.5) is 0 Å². The van der Waals surface area contributed by atoms with Crippen LogP contribution in [0.15, 0.2) is 12.2 Å². The van der Waals surface area contributed by atoms with Crippen LogP contribution in [0.25, 0.3) is 0 Å². The highest BCUT2D eigenvalue weighted by Crippen LogP contribution is 1.94. The van der Waals surface area contributed by atoms with Gasteiger partial charge in [0.05, 0.1) is 13.7 Å². The van der Waals surface area contributed by atoms with Gasteiger partial charge in [0, 0.05) is 6.04 Å². The minimum absolute atomic E-state index is 0.219. The molecule has 0 radical (unpaired) electrons. The summed E-state index contributed by atoms with van der Waals surface area (Å²) in [5.74, 6) is -0.219. The molecule has 0 bridgehead atoms. The SMILES string of the molecule is CC/C=C/[C@H](CC)NCC(=O)OC. The molecule has 0 fully saturated rings. The quantitative estimate of drug-likeness (QED) is 0.503. The molecule has 0 aliphatic carbocycles. The molecule has 3 nitrogen and oxygen atoms in total. The summed E-state index contributed by atoms with van der Waals surface area (Å²) in [7, 11) is 1.40. The van der Waals surface area contributed by atoms with Gasteiger partial charge < -0.3 is 10.1 Å². The first-order valence-corrected chi connectivity index (χ1v) is 4.71. The third-order valence-electron chi connectivity index (χ3n) is 1.78. The van der Waals surface area contributed by atoms with E-state index in [0.29, 0.717) is 0 Å². The van der Waals surface area contributed by atoms with Crippen molar-refractivity contribution in [1.29, 1.82) is 0 Å². The molecule has 1 atom stereocenters. The first kappa shape index (κ1) is 12.2. The summed E-state index contributed by atoms with van der Waals surface area (Å²) >= 11 is 0. The second-order valence-corrected chi connectivity index (χ2v) is 2.81. The smallest absolute Gasteiger partial charge is 0.319 e. The van der Waals surface area contributed by atoms with E-state index in [1.165, 1.54) is 7.11 Å². The van der Waals surface area contributed by atoms with Crippen molar-refractivity contribution in [3.05, 3.63) is 12.2 Å². The average Bonchev–Trinajstić information content (AvgIpc) is 2.17. The van der Waals surface area contributed by atoms with Crippen molar-refractivity contribution in [2.75, 3.05) is 13.7 Å². The Labute approximate surface area is 80.2 Å². The van der Waals surface area contributed by atoms with E-state index in [2.05, 4.69) is 36.1 Å². The van der Waals surface area contributed by atoms with Crippen molar-refractivity contribution in [2.45, 2.75) is 32.7 Å². The van der Waals surface area contributed by atoms with E-state index in [0.717, 1.165) is 12.8 Å². The zero-order valence-corrected chi connectivity index (χ0v) is 8.67. The maximum atomic E-state index is 10.8. The van der Waals surface area contributed by atoms with E-state index >= 15 is 0 Å². The Morgan fingerprint density at radius 2 is 2.23 bits per heavy atom. The van der Waals surface area contributed by atoms with E-state index in [4.69, 9.17) is 0 Å². The van der Waals surface area contributed by atoms with E-state index < -0.39 is 0 Å². The Bertz CT molecular complexity index is 166. The van der Waals surface area contributed by atoms with Crippen molar-refractivity contribution in [3.8, 4) is 0 Å². The number of esters is 1. The van der Waals surface area contributed by atoms with Crippen molar-refractivity contribution >= 4 is 5.97 Å². The van der Waals surface area contributed by atoms with E-state index in [1.807, 2.05) is 0 Å². The van der Waals surface area contributed by atoms with Crippen molar-refractivity contribution in [3.63, 3.8) is 0 Å². The number of hydrogen-bond donors (Lipinski definition) is 1. The molecule has 76 valence electrons. The number of methoxy groups -OCH3 is 1. The van der Waals surface area contributed by atoms with Crippen molar-refractivity contribution in [2.24, 2.45) is 0 Å². The van der Waals surface area contributed by atoms with Crippen LogP contribution in [-0.4, -0.2) is 25.7 Å². The molecule has 0 aliphatic heterocycles. The lowest BCUT2D eigenvalue weighted by Crippen LogP contribution is -2.32. The fourth-order valence-corrected chi connectivity index (χ4v) is 0.935. The minimum atomic E-state index is -0.219. The summed E-state index contributed by atoms with van der Waals surface area (Å²) in [4.78, 5) is 10.8. The molecule has 0 unspecified atom stereocenters. The Kier molecular flexibility index (Phi) is 7.30. The molecular formula is C10H19NO2. The van der Waals surface area contributed by atoms with Crippen LogP contribution in [-0.2, 0) is 9.53 Å². The summed E-state index contributed by atoms with van der Waals surface area (Å²) in [5.41, 5.74) is 0. The molecule has 0 aromatic carbocycles. The first-order chi connectivity index (χ1) is 6.24. The van der Waals surface area contributed by atoms with Gasteiger partial charge in [-0.15, -0.1) is 0 Å². The fraction of sp³-hybridized carbons (Fsp3) is 0.700. The molecule has 0 rings (SSSR count). The zero-order chi connectivity index (χ0) is 10.1. The third kappa shape index (κ3) is 6.34. The normalized spacial score (nSPS) is 13.2. The Morgan fingerprint density at radius 1 is 1.54 bits per heavy atom. The molecule has 0 saturated heterocycles. The number of carbonyl (C=O) groups is 1. The summed E-state index contributed by atoms with van der Waals surface area (Å²) in [6.07, 6.45) is 6.19. The number of carbonyl (C=O) groups excluding carboxylic acids is 1. The van der Waals surface area contributed by atoms with Gasteiger partial charge in [0.2, 0.25) is 0 Å². The van der Waals surface area contributed by atoms with Gasteiger partial charge in [-0.05, 0) is 12.8 Å². The molecule has 0 amide bonds. The van der Waals surface area contributed by atoms with Crippen LogP contribution in [0.2, 0.25) is 0 Å². The second kappa shape index (κ2) is 7.80. The molecule has 0 aromatic heterocycles. The van der Waals surface area contributed by atoms with Crippen LogP contribution in [0.5, 0.6) is 0 Å². The Balaban J connectivity index is 3.71. The van der Waals surface area contributed by atoms with Gasteiger partial charge in [-0.25, -0.2) is 0 Å². The summed E-state index contributed by atoms with van der Waals surface area (Å²) in [6.45, 7) is 4.45. The monoisotopic (exact) mass is 185 g/mol. The zero-order valence-electron chi connectivity index (χ0n) is 8.67. The Morgan fingerprint density at radius 3 is 2.69 bits per heavy atom. The molecule has 0 aromatic rings. The fourth-order valence-electron chi connectivity index (χ4n) is 0.935. The number of allylic oxidation sites excluding steroid dienone is 1. The molecule has 0 saturated carbocycles. The molecule has 13 heavy (non-hydrogen) atoms. The predicted molar refractivity (Wildman–Crippen MR) is 53.5 cm³/mol. The largest absolute Gasteiger partial charge is 0.468 e. The maximum Gasteiger partial charge on any atom is 0.319 e. The number of rotatable bonds is 6. The lowest BCUT2D eigenvalue weighted by molar-refractivity contribution is -0.139. The van der Waals surface area contributed by atoms with Crippen molar-refractivity contribution in [1.82, 2.24) is 5.32 Å². The highest BCUT2D eigenvalue weighted by atomic mass is 16.5. The Hall–Kier alpha value is -0.830. The lowest BCUT2D eigenvalue weighted by Gasteiger charge is -2.11. The molecule has 3 heteroatoms. The molecule has 1 N–H and O–H groups in total. The average molecular weight is 185 g/mol. The highest BCUT2D eigenvalue weighted by Gasteiger charge is 2.03. The topological polar surface area (TPSA) is 38.3 Å². The van der Waals surface area contributed by atoms with Gasteiger partial charge >= 0.3 is 5.97 Å². The maximum absolute atomic E-state index is 10.8. The van der Waals surface area contributed by atoms with Gasteiger partial charge in [-0.2, -0.15) is 0 Å². The number of hydrogen-bond acceptors (Lipinski definition) is 3. The standard InChI is InChI=1S/C10H19NO2/c1-4-6-7-9(5-2)11-8-10(12)13-3/h6-7,9,11H,4-5,8H2,1-3H3/b7-6+/t9-/m0/s1. The molecule has 0 heterocycles. The van der Waals surface area contributed by atoms with Gasteiger partial charge in [0.1, 0.15) is 0 Å². The van der Waals surface area contributed by atoms with Crippen LogP contribution in [0.3, 0.4) is 0 Å². The van der Waals surface area contributed by atoms with Gasteiger partial charge in [0.15, 0.2) is 0 Å². The summed E-state index contributed by atoms with van der Waals surface area (Å²) in [5, 5.41) is 3.09. The molecule has 0 spiro atoms. The van der Waals surface area contributed by atoms with Crippen LogP contribution >= 0.6 is 0 Å².